The molecule has 0 aliphatic heterocycles. The van der Waals surface area contributed by atoms with Gasteiger partial charge in [0.25, 0.3) is 0 Å². The zero-order chi connectivity index (χ0) is 6.78. The van der Waals surface area contributed by atoms with Crippen LogP contribution in [0.25, 0.3) is 0 Å². The van der Waals surface area contributed by atoms with E-state index in [1.54, 1.807) is 0 Å². The molecular formula is C2H4FO4P. The number of carbonyl (C=O) groups excluding carboxylic acids is 1. The Balaban J connectivity index is 3.74. The molecule has 48 valence electrons. The van der Waals surface area contributed by atoms with Crippen molar-refractivity contribution in [2.24, 2.45) is 0 Å². The quantitative estimate of drug-likeness (QED) is 0.408. The van der Waals surface area contributed by atoms with Gasteiger partial charge >= 0.3 is 13.6 Å². The number of hydrogen-bond acceptors (Lipinski definition) is 2. The molecule has 2 N–H and O–H groups in total. The molecule has 0 bridgehead atoms. The van der Waals surface area contributed by atoms with Crippen LogP contribution in [0.5, 0.6) is 0 Å². The average Bonchev–Trinajstić information content (AvgIpc) is 1.21. The Hall–Kier alpha value is -0.250. The number of rotatable bonds is 2. The molecule has 0 saturated heterocycles. The summed E-state index contributed by atoms with van der Waals surface area (Å²) in [6.07, 6.45) is -1.31. The molecule has 0 aliphatic rings. The molecule has 0 saturated carbocycles. The third-order valence-electron chi connectivity index (χ3n) is 0.330. The molecule has 0 spiro atoms. The summed E-state index contributed by atoms with van der Waals surface area (Å²) in [7, 11) is -4.45. The second-order valence-corrected chi connectivity index (χ2v) is 2.82. The first-order chi connectivity index (χ1) is 3.42. The Labute approximate surface area is 44.5 Å². The zero-order valence-corrected chi connectivity index (χ0v) is 4.64. The van der Waals surface area contributed by atoms with E-state index in [4.69, 9.17) is 9.79 Å². The summed E-state index contributed by atoms with van der Waals surface area (Å²) in [6, 6.07) is -1.99. The zero-order valence-electron chi connectivity index (χ0n) is 3.74. The fraction of sp³-hybridized carbons (Fsp3) is 0.500. The van der Waals surface area contributed by atoms with Crippen molar-refractivity contribution < 1.29 is 23.5 Å². The molecular weight excluding hydrogens is 138 g/mol. The summed E-state index contributed by atoms with van der Waals surface area (Å²) in [5.74, 6) is 0. The highest BCUT2D eigenvalue weighted by Crippen LogP contribution is 2.33. The topological polar surface area (TPSA) is 74.6 Å². The lowest BCUT2D eigenvalue weighted by atomic mass is 10.9. The van der Waals surface area contributed by atoms with E-state index in [-0.39, 0.29) is 0 Å². The number of carbonyl (C=O) groups is 1. The fourth-order valence-electron chi connectivity index (χ4n) is 0.162. The van der Waals surface area contributed by atoms with Crippen molar-refractivity contribution in [1.29, 1.82) is 0 Å². The predicted octanol–water partition coefficient (Wildman–Crippen LogP) is -0.340. The molecule has 0 aromatic carbocycles. The Morgan fingerprint density at radius 2 is 2.00 bits per heavy atom. The van der Waals surface area contributed by atoms with Crippen molar-refractivity contribution in [1.82, 2.24) is 0 Å². The van der Waals surface area contributed by atoms with E-state index in [2.05, 4.69) is 0 Å². The second kappa shape index (κ2) is 2.35. The van der Waals surface area contributed by atoms with E-state index in [1.165, 1.54) is 0 Å². The molecule has 0 rings (SSSR count). The van der Waals surface area contributed by atoms with Crippen LogP contribution in [0.3, 0.4) is 0 Å². The van der Waals surface area contributed by atoms with Crippen LogP contribution in [-0.2, 0) is 9.36 Å². The van der Waals surface area contributed by atoms with E-state index in [1.807, 2.05) is 0 Å². The van der Waals surface area contributed by atoms with Gasteiger partial charge in [0.15, 0.2) is 0 Å². The summed E-state index contributed by atoms with van der Waals surface area (Å²) in [6.45, 7) is 0. The summed E-state index contributed by atoms with van der Waals surface area (Å²) in [5.41, 5.74) is 0. The van der Waals surface area contributed by atoms with Crippen LogP contribution < -0.4 is 0 Å². The molecule has 0 aliphatic carbocycles. The van der Waals surface area contributed by atoms with E-state index in [0.29, 0.717) is 0 Å². The minimum absolute atomic E-state index is 1.31. The summed E-state index contributed by atoms with van der Waals surface area (Å²) in [4.78, 5) is 25.0. The summed E-state index contributed by atoms with van der Waals surface area (Å²) in [5, 5.41) is 0. The first kappa shape index (κ1) is 7.75. The average molecular weight is 142 g/mol. The van der Waals surface area contributed by atoms with Crippen LogP contribution in [0, 0.1) is 0 Å². The van der Waals surface area contributed by atoms with Crippen LogP contribution in [0.2, 0.25) is 0 Å². The van der Waals surface area contributed by atoms with Gasteiger partial charge < -0.3 is 9.79 Å². The maximum Gasteiger partial charge on any atom is 0.335 e. The van der Waals surface area contributed by atoms with Gasteiger partial charge in [-0.3, -0.25) is 9.36 Å². The lowest BCUT2D eigenvalue weighted by Crippen LogP contribution is -1.96. The Bertz CT molecular complexity index is 137. The van der Waals surface area contributed by atoms with E-state index < -0.39 is 19.8 Å². The number of hydrogen-bond donors (Lipinski definition) is 2. The molecule has 0 fully saturated rings. The highest BCUT2D eigenvalue weighted by molar-refractivity contribution is 7.52. The van der Waals surface area contributed by atoms with E-state index >= 15 is 0 Å². The monoisotopic (exact) mass is 142 g/mol. The predicted molar refractivity (Wildman–Crippen MR) is 23.0 cm³/mol. The Morgan fingerprint density at radius 3 is 2.00 bits per heavy atom. The van der Waals surface area contributed by atoms with Crippen LogP contribution in [-0.4, -0.2) is 22.0 Å². The van der Waals surface area contributed by atoms with Gasteiger partial charge in [-0.05, 0) is 0 Å². The first-order valence-electron chi connectivity index (χ1n) is 1.65. The Morgan fingerprint density at radius 1 is 1.62 bits per heavy atom. The summed E-state index contributed by atoms with van der Waals surface area (Å²) >= 11 is 0. The van der Waals surface area contributed by atoms with Gasteiger partial charge in [-0.15, -0.1) is 0 Å². The standard InChI is InChI=1S/C2H4FO4P/c3-2(4)1-8(5,6)7/h1H2,(H2,5,6,7). The van der Waals surface area contributed by atoms with Crippen molar-refractivity contribution >= 4 is 13.6 Å². The molecule has 8 heavy (non-hydrogen) atoms. The van der Waals surface area contributed by atoms with Crippen LogP contribution in [0.1, 0.15) is 0 Å². The van der Waals surface area contributed by atoms with Gasteiger partial charge in [0.2, 0.25) is 0 Å². The maximum atomic E-state index is 11.1. The Kier molecular flexibility index (Phi) is 2.27. The molecule has 6 heteroatoms. The molecule has 0 aromatic heterocycles. The highest BCUT2D eigenvalue weighted by atomic mass is 31.2. The molecule has 0 aromatic rings. The molecule has 0 atom stereocenters. The first-order valence-corrected chi connectivity index (χ1v) is 3.44. The third-order valence-corrected chi connectivity index (χ3v) is 0.991. The van der Waals surface area contributed by atoms with Crippen molar-refractivity contribution in [2.75, 3.05) is 6.16 Å². The van der Waals surface area contributed by atoms with Crippen molar-refractivity contribution in [3.63, 3.8) is 0 Å². The lowest BCUT2D eigenvalue weighted by Gasteiger charge is -1.94. The minimum atomic E-state index is -4.45. The smallest absolute Gasteiger partial charge is 0.324 e. The van der Waals surface area contributed by atoms with Crippen LogP contribution in [0.4, 0.5) is 4.39 Å². The lowest BCUT2D eigenvalue weighted by molar-refractivity contribution is -0.126. The SMILES string of the molecule is O=C(F)CP(=O)(O)O. The normalized spacial score (nSPS) is 11.4. The van der Waals surface area contributed by atoms with Crippen molar-refractivity contribution in [2.45, 2.75) is 0 Å². The third kappa shape index (κ3) is 5.75. The maximum absolute atomic E-state index is 11.1. The van der Waals surface area contributed by atoms with E-state index in [9.17, 15) is 13.8 Å². The highest BCUT2D eigenvalue weighted by Gasteiger charge is 2.17. The molecule has 0 amide bonds. The van der Waals surface area contributed by atoms with Crippen molar-refractivity contribution in [3.8, 4) is 0 Å². The number of halogens is 1. The molecule has 0 unspecified atom stereocenters. The summed E-state index contributed by atoms with van der Waals surface area (Å²) < 4.78 is 20.7. The van der Waals surface area contributed by atoms with Crippen molar-refractivity contribution in [3.05, 3.63) is 0 Å². The molecule has 0 radical (unpaired) electrons. The van der Waals surface area contributed by atoms with Crippen LogP contribution in [0.15, 0.2) is 0 Å². The van der Waals surface area contributed by atoms with Crippen LogP contribution >= 0.6 is 7.60 Å². The van der Waals surface area contributed by atoms with E-state index in [0.717, 1.165) is 0 Å². The van der Waals surface area contributed by atoms with Gasteiger partial charge in [0.05, 0.1) is 0 Å². The van der Waals surface area contributed by atoms with Gasteiger partial charge in [-0.1, -0.05) is 0 Å². The fourth-order valence-corrected chi connectivity index (χ4v) is 0.486. The van der Waals surface area contributed by atoms with Gasteiger partial charge in [-0.2, -0.15) is 4.39 Å². The second-order valence-electron chi connectivity index (χ2n) is 1.18. The minimum Gasteiger partial charge on any atom is -0.324 e. The van der Waals surface area contributed by atoms with Gasteiger partial charge in [0, 0.05) is 0 Å². The largest absolute Gasteiger partial charge is 0.335 e. The molecule has 0 heterocycles. The van der Waals surface area contributed by atoms with Gasteiger partial charge in [-0.25, -0.2) is 0 Å². The molecule has 4 nitrogen and oxygen atoms in total. The van der Waals surface area contributed by atoms with Gasteiger partial charge in [0.1, 0.15) is 6.16 Å².